The number of hydrogen-bond donors (Lipinski definition) is 0. The summed E-state index contributed by atoms with van der Waals surface area (Å²) in [6, 6.07) is 10.5. The van der Waals surface area contributed by atoms with Gasteiger partial charge in [-0.1, -0.05) is 31.5 Å². The van der Waals surface area contributed by atoms with Gasteiger partial charge < -0.3 is 4.90 Å². The Bertz CT molecular complexity index is 743. The number of carbonyl (C=O) groups excluding carboxylic acids is 1. The van der Waals surface area contributed by atoms with Crippen molar-refractivity contribution in [2.24, 2.45) is 11.8 Å². The minimum atomic E-state index is -3.48. The van der Waals surface area contributed by atoms with Gasteiger partial charge in [-0.05, 0) is 30.4 Å². The molecule has 0 bridgehead atoms. The fourth-order valence-corrected chi connectivity index (χ4v) is 4.99. The molecule has 1 saturated heterocycles. The lowest BCUT2D eigenvalue weighted by Gasteiger charge is -2.37. The highest BCUT2D eigenvalue weighted by Gasteiger charge is 2.35. The number of sulfonamides is 1. The molecule has 2 atom stereocenters. The van der Waals surface area contributed by atoms with Crippen molar-refractivity contribution in [2.45, 2.75) is 37.5 Å². The molecular weight excluding hydrogens is 350 g/mol. The molecule has 26 heavy (non-hydrogen) atoms. The second-order valence-electron chi connectivity index (χ2n) is 6.82. The molecule has 6 nitrogen and oxygen atoms in total. The Morgan fingerprint density at radius 2 is 2.00 bits per heavy atom. The number of nitriles is 1. The van der Waals surface area contributed by atoms with Crippen LogP contribution in [0, 0.1) is 23.2 Å². The third-order valence-corrected chi connectivity index (χ3v) is 7.06. The second kappa shape index (κ2) is 9.15. The highest BCUT2D eigenvalue weighted by atomic mass is 32.2. The normalized spacial score (nSPS) is 21.1. The molecule has 1 aliphatic rings. The molecule has 1 aromatic carbocycles. The van der Waals surface area contributed by atoms with Crippen LogP contribution in [0.3, 0.4) is 0 Å². The van der Waals surface area contributed by atoms with Gasteiger partial charge in [0.1, 0.15) is 0 Å². The first-order valence-electron chi connectivity index (χ1n) is 9.06. The summed E-state index contributed by atoms with van der Waals surface area (Å²) in [5.74, 6) is 0.373. The van der Waals surface area contributed by atoms with Gasteiger partial charge >= 0.3 is 0 Å². The quantitative estimate of drug-likeness (QED) is 0.731. The van der Waals surface area contributed by atoms with E-state index in [1.54, 1.807) is 46.6 Å². The van der Waals surface area contributed by atoms with Crippen LogP contribution in [0.1, 0.15) is 32.6 Å². The summed E-state index contributed by atoms with van der Waals surface area (Å²) >= 11 is 0. The van der Waals surface area contributed by atoms with E-state index in [9.17, 15) is 13.2 Å². The molecule has 0 unspecified atom stereocenters. The summed E-state index contributed by atoms with van der Waals surface area (Å²) in [5, 5.41) is 8.65. The van der Waals surface area contributed by atoms with E-state index in [0.717, 1.165) is 6.42 Å². The van der Waals surface area contributed by atoms with Gasteiger partial charge in [-0.2, -0.15) is 9.57 Å². The number of amides is 1. The van der Waals surface area contributed by atoms with Crippen molar-refractivity contribution >= 4 is 15.9 Å². The minimum absolute atomic E-state index is 0.0306. The van der Waals surface area contributed by atoms with E-state index in [1.165, 1.54) is 0 Å². The lowest BCUT2D eigenvalue weighted by atomic mass is 9.82. The molecule has 2 rings (SSSR count). The molecule has 0 saturated carbocycles. The number of benzene rings is 1. The van der Waals surface area contributed by atoms with Crippen molar-refractivity contribution in [2.75, 3.05) is 26.7 Å². The zero-order chi connectivity index (χ0) is 19.2. The van der Waals surface area contributed by atoms with E-state index in [1.807, 2.05) is 13.0 Å². The SMILES string of the molecule is CC[C@@H]1CN(S(=O)(=O)c2ccccc2)CC[C@H]1CC(=O)N(C)CCC#N. The van der Waals surface area contributed by atoms with E-state index in [-0.39, 0.29) is 17.7 Å². The Hall–Kier alpha value is -1.91. The largest absolute Gasteiger partial charge is 0.345 e. The summed E-state index contributed by atoms with van der Waals surface area (Å²) in [6.07, 6.45) is 2.26. The van der Waals surface area contributed by atoms with Crippen LogP contribution in [0.25, 0.3) is 0 Å². The minimum Gasteiger partial charge on any atom is -0.345 e. The highest BCUT2D eigenvalue weighted by molar-refractivity contribution is 7.89. The first-order valence-corrected chi connectivity index (χ1v) is 10.5. The molecule has 7 heteroatoms. The standard InChI is InChI=1S/C19H27N3O3S/c1-3-16-15-22(26(24,25)18-8-5-4-6-9-18)13-10-17(16)14-19(23)21(2)12-7-11-20/h4-6,8-9,16-17H,3,7,10,12-15H2,1-2H3/t16-,17+/m1/s1. The van der Waals surface area contributed by atoms with Crippen LogP contribution < -0.4 is 0 Å². The molecule has 0 aromatic heterocycles. The third-order valence-electron chi connectivity index (χ3n) is 5.18. The van der Waals surface area contributed by atoms with E-state index in [0.29, 0.717) is 43.8 Å². The number of hydrogen-bond acceptors (Lipinski definition) is 4. The fourth-order valence-electron chi connectivity index (χ4n) is 3.46. The molecular formula is C19H27N3O3S. The van der Waals surface area contributed by atoms with Gasteiger partial charge in [0.25, 0.3) is 0 Å². The average molecular weight is 378 g/mol. The molecule has 1 amide bonds. The summed E-state index contributed by atoms with van der Waals surface area (Å²) in [4.78, 5) is 14.3. The lowest BCUT2D eigenvalue weighted by Crippen LogP contribution is -2.44. The second-order valence-corrected chi connectivity index (χ2v) is 8.76. The molecule has 1 aromatic rings. The van der Waals surface area contributed by atoms with Gasteiger partial charge in [0.15, 0.2) is 0 Å². The van der Waals surface area contributed by atoms with Crippen molar-refractivity contribution in [3.8, 4) is 6.07 Å². The summed E-state index contributed by atoms with van der Waals surface area (Å²) in [6.45, 7) is 3.37. The summed E-state index contributed by atoms with van der Waals surface area (Å²) in [5.41, 5.74) is 0. The first kappa shape index (κ1) is 20.4. The predicted molar refractivity (Wildman–Crippen MR) is 99.6 cm³/mol. The highest BCUT2D eigenvalue weighted by Crippen LogP contribution is 2.32. The molecule has 142 valence electrons. The average Bonchev–Trinajstić information content (AvgIpc) is 2.66. The monoisotopic (exact) mass is 377 g/mol. The number of carbonyl (C=O) groups is 1. The number of nitrogens with zero attached hydrogens (tertiary/aromatic N) is 3. The van der Waals surface area contributed by atoms with Crippen LogP contribution in [0.2, 0.25) is 0 Å². The van der Waals surface area contributed by atoms with Crippen LogP contribution in [0.15, 0.2) is 35.2 Å². The van der Waals surface area contributed by atoms with E-state index >= 15 is 0 Å². The Labute approximate surface area is 156 Å². The van der Waals surface area contributed by atoms with Crippen LogP contribution in [-0.2, 0) is 14.8 Å². The number of piperidine rings is 1. The van der Waals surface area contributed by atoms with Gasteiger partial charge in [0.2, 0.25) is 15.9 Å². The zero-order valence-electron chi connectivity index (χ0n) is 15.5. The maximum atomic E-state index is 12.8. The zero-order valence-corrected chi connectivity index (χ0v) is 16.3. The number of rotatable bonds is 7. The Morgan fingerprint density at radius 3 is 2.62 bits per heavy atom. The van der Waals surface area contributed by atoms with Gasteiger partial charge in [0, 0.05) is 33.1 Å². The van der Waals surface area contributed by atoms with Crippen LogP contribution in [-0.4, -0.2) is 50.2 Å². The van der Waals surface area contributed by atoms with Gasteiger partial charge in [0.05, 0.1) is 17.4 Å². The Morgan fingerprint density at radius 1 is 1.31 bits per heavy atom. The molecule has 0 aliphatic carbocycles. The maximum Gasteiger partial charge on any atom is 0.243 e. The molecule has 0 spiro atoms. The molecule has 1 heterocycles. The lowest BCUT2D eigenvalue weighted by molar-refractivity contribution is -0.131. The van der Waals surface area contributed by atoms with Gasteiger partial charge in [-0.3, -0.25) is 4.79 Å². The van der Waals surface area contributed by atoms with E-state index < -0.39 is 10.0 Å². The Balaban J connectivity index is 2.02. The topological polar surface area (TPSA) is 81.5 Å². The summed E-state index contributed by atoms with van der Waals surface area (Å²) < 4.78 is 27.2. The van der Waals surface area contributed by atoms with Crippen molar-refractivity contribution in [1.82, 2.24) is 9.21 Å². The summed E-state index contributed by atoms with van der Waals surface area (Å²) in [7, 11) is -1.77. The Kier molecular flexibility index (Phi) is 7.18. The molecule has 1 fully saturated rings. The van der Waals surface area contributed by atoms with Gasteiger partial charge in [-0.25, -0.2) is 8.42 Å². The smallest absolute Gasteiger partial charge is 0.243 e. The molecule has 1 aliphatic heterocycles. The van der Waals surface area contributed by atoms with Gasteiger partial charge in [-0.15, -0.1) is 0 Å². The van der Waals surface area contributed by atoms with Crippen LogP contribution >= 0.6 is 0 Å². The predicted octanol–water partition coefficient (Wildman–Crippen LogP) is 2.49. The fraction of sp³-hybridized carbons (Fsp3) is 0.579. The van der Waals surface area contributed by atoms with E-state index in [4.69, 9.17) is 5.26 Å². The van der Waals surface area contributed by atoms with Crippen LogP contribution in [0.4, 0.5) is 0 Å². The van der Waals surface area contributed by atoms with E-state index in [2.05, 4.69) is 0 Å². The molecule has 0 radical (unpaired) electrons. The maximum absolute atomic E-state index is 12.8. The first-order chi connectivity index (χ1) is 12.4. The van der Waals surface area contributed by atoms with Crippen molar-refractivity contribution < 1.29 is 13.2 Å². The van der Waals surface area contributed by atoms with Crippen molar-refractivity contribution in [3.05, 3.63) is 30.3 Å². The van der Waals surface area contributed by atoms with Crippen molar-refractivity contribution in [3.63, 3.8) is 0 Å². The van der Waals surface area contributed by atoms with Crippen molar-refractivity contribution in [1.29, 1.82) is 5.26 Å². The van der Waals surface area contributed by atoms with Crippen LogP contribution in [0.5, 0.6) is 0 Å². The molecule has 0 N–H and O–H groups in total. The third kappa shape index (κ3) is 4.83.